The highest BCUT2D eigenvalue weighted by molar-refractivity contribution is 5.99. The predicted molar refractivity (Wildman–Crippen MR) is 87.2 cm³/mol. The van der Waals surface area contributed by atoms with Crippen molar-refractivity contribution < 1.29 is 23.8 Å². The van der Waals surface area contributed by atoms with Crippen molar-refractivity contribution in [2.75, 3.05) is 5.32 Å². The van der Waals surface area contributed by atoms with Gasteiger partial charge in [-0.25, -0.2) is 4.79 Å². The number of amides is 1. The zero-order chi connectivity index (χ0) is 18.6. The van der Waals surface area contributed by atoms with E-state index in [0.29, 0.717) is 17.9 Å². The summed E-state index contributed by atoms with van der Waals surface area (Å²) in [4.78, 5) is 34.8. The number of aromatic nitrogens is 1. The summed E-state index contributed by atoms with van der Waals surface area (Å²) in [6.45, 7) is 4.75. The third-order valence-corrected chi connectivity index (χ3v) is 3.48. The molecular weight excluding hydrogens is 330 g/mol. The minimum absolute atomic E-state index is 0.0239. The third kappa shape index (κ3) is 4.00. The van der Waals surface area contributed by atoms with Gasteiger partial charge in [0, 0.05) is 6.07 Å². The zero-order valence-corrected chi connectivity index (χ0v) is 13.9. The zero-order valence-electron chi connectivity index (χ0n) is 13.9. The topological polar surface area (TPSA) is 125 Å². The fraction of sp³-hybridized carbons (Fsp3) is 0.312. The maximum absolute atomic E-state index is 12.2. The number of hydrogen-bond donors (Lipinski definition) is 1. The van der Waals surface area contributed by atoms with Crippen molar-refractivity contribution >= 4 is 23.3 Å². The quantitative estimate of drug-likeness (QED) is 0.484. The number of esters is 1. The molecule has 1 N–H and O–H groups in total. The Kier molecular flexibility index (Phi) is 5.48. The van der Waals surface area contributed by atoms with E-state index in [9.17, 15) is 19.7 Å². The van der Waals surface area contributed by atoms with Crippen LogP contribution in [0.4, 0.5) is 11.4 Å². The van der Waals surface area contributed by atoms with Crippen molar-refractivity contribution in [3.8, 4) is 0 Å². The van der Waals surface area contributed by atoms with Gasteiger partial charge in [0.1, 0.15) is 17.0 Å². The molecule has 0 unspecified atom stereocenters. The molecule has 9 nitrogen and oxygen atoms in total. The van der Waals surface area contributed by atoms with Gasteiger partial charge in [-0.3, -0.25) is 14.9 Å². The van der Waals surface area contributed by atoms with E-state index in [0.717, 1.165) is 0 Å². The molecule has 132 valence electrons. The number of benzene rings is 1. The van der Waals surface area contributed by atoms with Crippen molar-refractivity contribution in [3.63, 3.8) is 0 Å². The highest BCUT2D eigenvalue weighted by Crippen LogP contribution is 2.23. The van der Waals surface area contributed by atoms with Gasteiger partial charge < -0.3 is 14.6 Å². The van der Waals surface area contributed by atoms with E-state index in [-0.39, 0.29) is 16.9 Å². The van der Waals surface area contributed by atoms with Crippen molar-refractivity contribution in [3.05, 3.63) is 51.4 Å². The number of para-hydroxylation sites is 2. The van der Waals surface area contributed by atoms with E-state index >= 15 is 0 Å². The van der Waals surface area contributed by atoms with E-state index in [1.54, 1.807) is 19.9 Å². The van der Waals surface area contributed by atoms with Crippen LogP contribution in [0.3, 0.4) is 0 Å². The predicted octanol–water partition coefficient (Wildman–Crippen LogP) is 2.64. The Bertz CT molecular complexity index is 814. The Hall–Kier alpha value is -3.23. The fourth-order valence-corrected chi connectivity index (χ4v) is 2.17. The molecule has 0 aliphatic heterocycles. The van der Waals surface area contributed by atoms with Gasteiger partial charge in [0.15, 0.2) is 6.10 Å². The number of nitro groups is 1. The molecule has 2 rings (SSSR count). The molecule has 9 heteroatoms. The first kappa shape index (κ1) is 18.1. The van der Waals surface area contributed by atoms with Crippen LogP contribution in [0.25, 0.3) is 0 Å². The second kappa shape index (κ2) is 7.56. The number of hydrogen-bond acceptors (Lipinski definition) is 7. The number of nitro benzene ring substituents is 1. The van der Waals surface area contributed by atoms with Crippen molar-refractivity contribution in [2.24, 2.45) is 0 Å². The average molecular weight is 347 g/mol. The smallest absolute Gasteiger partial charge is 0.344 e. The molecule has 0 fully saturated rings. The Balaban J connectivity index is 2.09. The van der Waals surface area contributed by atoms with Crippen LogP contribution in [0.2, 0.25) is 0 Å². The van der Waals surface area contributed by atoms with Crippen LogP contribution in [-0.2, 0) is 16.0 Å². The van der Waals surface area contributed by atoms with Gasteiger partial charge in [-0.1, -0.05) is 24.2 Å². The molecule has 1 aromatic heterocycles. The van der Waals surface area contributed by atoms with Gasteiger partial charge in [0.2, 0.25) is 0 Å². The van der Waals surface area contributed by atoms with Gasteiger partial charge in [-0.2, -0.15) is 0 Å². The van der Waals surface area contributed by atoms with Crippen LogP contribution >= 0.6 is 0 Å². The van der Waals surface area contributed by atoms with Gasteiger partial charge in [0.25, 0.3) is 11.6 Å². The van der Waals surface area contributed by atoms with Crippen LogP contribution in [0, 0.1) is 17.0 Å². The molecule has 2 aromatic rings. The molecule has 1 atom stereocenters. The Morgan fingerprint density at radius 2 is 2.08 bits per heavy atom. The van der Waals surface area contributed by atoms with Crippen LogP contribution in [0.15, 0.2) is 28.8 Å². The lowest BCUT2D eigenvalue weighted by atomic mass is 10.1. The van der Waals surface area contributed by atoms with Crippen LogP contribution in [0.1, 0.15) is 35.7 Å². The summed E-state index contributed by atoms with van der Waals surface area (Å²) in [5.41, 5.74) is 0.398. The third-order valence-electron chi connectivity index (χ3n) is 3.48. The van der Waals surface area contributed by atoms with Crippen LogP contribution in [0.5, 0.6) is 0 Å². The van der Waals surface area contributed by atoms with Crippen molar-refractivity contribution in [1.82, 2.24) is 5.16 Å². The average Bonchev–Trinajstić information content (AvgIpc) is 2.95. The van der Waals surface area contributed by atoms with Crippen LogP contribution < -0.4 is 5.32 Å². The minimum atomic E-state index is -1.16. The first-order valence-corrected chi connectivity index (χ1v) is 7.55. The van der Waals surface area contributed by atoms with E-state index in [4.69, 9.17) is 9.26 Å². The molecule has 0 saturated heterocycles. The molecule has 0 bridgehead atoms. The molecule has 0 aliphatic carbocycles. The Morgan fingerprint density at radius 1 is 1.40 bits per heavy atom. The van der Waals surface area contributed by atoms with Gasteiger partial charge in [0.05, 0.1) is 10.6 Å². The standard InChI is InChI=1S/C16H17N3O6/c1-4-11-14(9(2)25-18-11)16(21)24-10(3)15(20)17-12-7-5-6-8-13(12)19(22)23/h5-8,10H,4H2,1-3H3,(H,17,20)/t10-/m0/s1. The number of nitrogens with one attached hydrogen (secondary N) is 1. The number of rotatable bonds is 6. The summed E-state index contributed by atoms with van der Waals surface area (Å²) in [7, 11) is 0. The Labute approximate surface area is 143 Å². The monoisotopic (exact) mass is 347 g/mol. The largest absolute Gasteiger partial charge is 0.449 e. The molecule has 0 spiro atoms. The lowest BCUT2D eigenvalue weighted by Gasteiger charge is -2.13. The number of carbonyl (C=O) groups is 2. The highest BCUT2D eigenvalue weighted by Gasteiger charge is 2.26. The summed E-state index contributed by atoms with van der Waals surface area (Å²) in [5, 5.41) is 17.1. The molecule has 1 heterocycles. The summed E-state index contributed by atoms with van der Waals surface area (Å²) in [6.07, 6.45) is -0.690. The van der Waals surface area contributed by atoms with Gasteiger partial charge in [-0.15, -0.1) is 0 Å². The molecule has 0 saturated carbocycles. The Morgan fingerprint density at radius 3 is 2.72 bits per heavy atom. The summed E-state index contributed by atoms with van der Waals surface area (Å²) in [5.74, 6) is -1.12. The molecule has 1 amide bonds. The molecule has 25 heavy (non-hydrogen) atoms. The number of carbonyl (C=O) groups excluding carboxylic acids is 2. The summed E-state index contributed by atoms with van der Waals surface area (Å²) in [6, 6.07) is 5.69. The summed E-state index contributed by atoms with van der Waals surface area (Å²) < 4.78 is 10.1. The van der Waals surface area contributed by atoms with Gasteiger partial charge >= 0.3 is 5.97 Å². The van der Waals surface area contributed by atoms with E-state index in [1.165, 1.54) is 25.1 Å². The highest BCUT2D eigenvalue weighted by atomic mass is 16.6. The van der Waals surface area contributed by atoms with E-state index in [2.05, 4.69) is 10.5 Å². The molecule has 0 aliphatic rings. The van der Waals surface area contributed by atoms with Gasteiger partial charge in [-0.05, 0) is 26.3 Å². The van der Waals surface area contributed by atoms with Crippen molar-refractivity contribution in [1.29, 1.82) is 0 Å². The summed E-state index contributed by atoms with van der Waals surface area (Å²) >= 11 is 0. The second-order valence-corrected chi connectivity index (χ2v) is 5.23. The lowest BCUT2D eigenvalue weighted by molar-refractivity contribution is -0.383. The second-order valence-electron chi connectivity index (χ2n) is 5.23. The van der Waals surface area contributed by atoms with Crippen molar-refractivity contribution in [2.45, 2.75) is 33.3 Å². The normalized spacial score (nSPS) is 11.6. The number of nitrogens with zero attached hydrogens (tertiary/aromatic N) is 2. The maximum atomic E-state index is 12.2. The van der Waals surface area contributed by atoms with E-state index < -0.39 is 22.9 Å². The van der Waals surface area contributed by atoms with E-state index in [1.807, 2.05) is 0 Å². The lowest BCUT2D eigenvalue weighted by Crippen LogP contribution is -2.30. The molecule has 1 aromatic carbocycles. The SMILES string of the molecule is CCc1noc(C)c1C(=O)O[C@@H](C)C(=O)Nc1ccccc1[N+](=O)[O-]. The first-order valence-electron chi connectivity index (χ1n) is 7.55. The number of ether oxygens (including phenoxy) is 1. The number of anilines is 1. The fourth-order valence-electron chi connectivity index (χ4n) is 2.17. The molecule has 0 radical (unpaired) electrons. The van der Waals surface area contributed by atoms with Crippen LogP contribution in [-0.4, -0.2) is 28.1 Å². The maximum Gasteiger partial charge on any atom is 0.344 e. The molecular formula is C16H17N3O6. The number of aryl methyl sites for hydroxylation is 2. The minimum Gasteiger partial charge on any atom is -0.449 e. The first-order chi connectivity index (χ1) is 11.8.